The van der Waals surface area contributed by atoms with E-state index < -0.39 is 0 Å². The molecule has 1 fully saturated rings. The second kappa shape index (κ2) is 6.91. The summed E-state index contributed by atoms with van der Waals surface area (Å²) in [5, 5.41) is 8.00. The Labute approximate surface area is 118 Å². The van der Waals surface area contributed by atoms with E-state index >= 15 is 0 Å². The highest BCUT2D eigenvalue weighted by atomic mass is 32.1. The molecule has 1 heterocycles. The molecule has 0 radical (unpaired) electrons. The third kappa shape index (κ3) is 3.94. The van der Waals surface area contributed by atoms with Gasteiger partial charge in [-0.2, -0.15) is 0 Å². The van der Waals surface area contributed by atoms with Crippen molar-refractivity contribution < 1.29 is 9.53 Å². The van der Waals surface area contributed by atoms with Crippen molar-refractivity contribution in [3.8, 4) is 0 Å². The lowest BCUT2D eigenvalue weighted by molar-refractivity contribution is 0.0452. The van der Waals surface area contributed by atoms with E-state index in [2.05, 4.69) is 23.6 Å². The molecule has 106 valence electrons. The minimum absolute atomic E-state index is 0.0956. The molecule has 1 aromatic rings. The zero-order valence-electron chi connectivity index (χ0n) is 11.6. The van der Waals surface area contributed by atoms with Gasteiger partial charge in [0, 0.05) is 12.0 Å². The van der Waals surface area contributed by atoms with Crippen molar-refractivity contribution in [1.29, 1.82) is 0 Å². The number of carbonyl (C=O) groups excluding carboxylic acids is 1. The highest BCUT2D eigenvalue weighted by molar-refractivity contribution is 7.10. The molecule has 0 aromatic carbocycles. The molecule has 2 amide bonds. The minimum atomic E-state index is -0.0956. The molecule has 0 saturated heterocycles. The predicted molar refractivity (Wildman–Crippen MR) is 77.5 cm³/mol. The van der Waals surface area contributed by atoms with Crippen LogP contribution in [-0.2, 0) is 11.3 Å². The first-order valence-electron chi connectivity index (χ1n) is 6.81. The van der Waals surface area contributed by atoms with Crippen LogP contribution in [0.1, 0.15) is 36.1 Å². The molecule has 0 unspecified atom stereocenters. The zero-order chi connectivity index (χ0) is 13.7. The van der Waals surface area contributed by atoms with Gasteiger partial charge >= 0.3 is 6.03 Å². The number of urea groups is 1. The van der Waals surface area contributed by atoms with Gasteiger partial charge in [0.15, 0.2) is 0 Å². The Hall–Kier alpha value is -1.07. The van der Waals surface area contributed by atoms with Gasteiger partial charge in [-0.15, -0.1) is 11.3 Å². The minimum Gasteiger partial charge on any atom is -0.379 e. The second-order valence-corrected chi connectivity index (χ2v) is 6.02. The maximum absolute atomic E-state index is 11.9. The number of aryl methyl sites for hydroxylation is 1. The number of carbonyl (C=O) groups is 1. The monoisotopic (exact) mass is 282 g/mol. The number of nitrogens with one attached hydrogen (secondary N) is 2. The van der Waals surface area contributed by atoms with Crippen LogP contribution in [0.4, 0.5) is 4.79 Å². The zero-order valence-corrected chi connectivity index (χ0v) is 12.4. The van der Waals surface area contributed by atoms with Crippen LogP contribution in [-0.4, -0.2) is 25.3 Å². The average Bonchev–Trinajstić information content (AvgIpc) is 2.82. The number of amides is 2. The number of hydrogen-bond donors (Lipinski definition) is 2. The van der Waals surface area contributed by atoms with Gasteiger partial charge in [0.2, 0.25) is 0 Å². The van der Waals surface area contributed by atoms with Crippen molar-refractivity contribution in [2.45, 2.75) is 51.3 Å². The molecule has 1 aliphatic rings. The Kier molecular flexibility index (Phi) is 5.22. The second-order valence-electron chi connectivity index (χ2n) is 5.02. The summed E-state index contributed by atoms with van der Waals surface area (Å²) in [5.74, 6) is 0. The summed E-state index contributed by atoms with van der Waals surface area (Å²) < 4.78 is 5.43. The molecular weight excluding hydrogens is 260 g/mol. The fourth-order valence-corrected chi connectivity index (χ4v) is 3.36. The third-order valence-electron chi connectivity index (χ3n) is 3.70. The van der Waals surface area contributed by atoms with Crippen LogP contribution in [0.15, 0.2) is 11.4 Å². The van der Waals surface area contributed by atoms with Crippen molar-refractivity contribution in [3.63, 3.8) is 0 Å². The van der Waals surface area contributed by atoms with Gasteiger partial charge in [0.05, 0.1) is 18.7 Å². The van der Waals surface area contributed by atoms with Crippen LogP contribution < -0.4 is 10.6 Å². The van der Waals surface area contributed by atoms with Crippen LogP contribution in [0.2, 0.25) is 0 Å². The molecule has 0 spiro atoms. The van der Waals surface area contributed by atoms with Gasteiger partial charge in [-0.25, -0.2) is 4.79 Å². The van der Waals surface area contributed by atoms with Crippen molar-refractivity contribution in [2.75, 3.05) is 7.11 Å². The van der Waals surface area contributed by atoms with E-state index in [1.807, 2.05) is 5.38 Å². The SMILES string of the molecule is CO[C@H]1CCCC[C@H]1NC(=O)NCc1sccc1C. The lowest BCUT2D eigenvalue weighted by Gasteiger charge is -2.31. The van der Waals surface area contributed by atoms with Crippen molar-refractivity contribution in [3.05, 3.63) is 21.9 Å². The van der Waals surface area contributed by atoms with Crippen LogP contribution >= 0.6 is 11.3 Å². The standard InChI is InChI=1S/C14H22N2O2S/c1-10-7-8-19-13(10)9-15-14(17)16-11-5-3-4-6-12(11)18-2/h7-8,11-12H,3-6,9H2,1-2H3,(H2,15,16,17)/t11-,12+/m1/s1. The molecule has 1 saturated carbocycles. The maximum atomic E-state index is 11.9. The molecule has 19 heavy (non-hydrogen) atoms. The molecule has 0 aliphatic heterocycles. The summed E-state index contributed by atoms with van der Waals surface area (Å²) in [6.07, 6.45) is 4.54. The van der Waals surface area contributed by atoms with Gasteiger partial charge in [-0.3, -0.25) is 0 Å². The Morgan fingerprint density at radius 3 is 2.95 bits per heavy atom. The Morgan fingerprint density at radius 1 is 1.47 bits per heavy atom. The summed E-state index contributed by atoms with van der Waals surface area (Å²) in [6, 6.07) is 2.12. The molecule has 2 rings (SSSR count). The number of rotatable bonds is 4. The number of methoxy groups -OCH3 is 1. The van der Waals surface area contributed by atoms with Gasteiger partial charge in [-0.05, 0) is 36.8 Å². The van der Waals surface area contributed by atoms with Gasteiger partial charge in [0.25, 0.3) is 0 Å². The van der Waals surface area contributed by atoms with E-state index in [1.54, 1.807) is 18.4 Å². The smallest absolute Gasteiger partial charge is 0.315 e. The fourth-order valence-electron chi connectivity index (χ4n) is 2.51. The maximum Gasteiger partial charge on any atom is 0.315 e. The molecule has 1 aromatic heterocycles. The highest BCUT2D eigenvalue weighted by Crippen LogP contribution is 2.20. The van der Waals surface area contributed by atoms with Gasteiger partial charge in [-0.1, -0.05) is 12.8 Å². The fraction of sp³-hybridized carbons (Fsp3) is 0.643. The van der Waals surface area contributed by atoms with Crippen LogP contribution in [0.25, 0.3) is 0 Å². The van der Waals surface area contributed by atoms with E-state index in [0.717, 1.165) is 19.3 Å². The number of hydrogen-bond acceptors (Lipinski definition) is 3. The van der Waals surface area contributed by atoms with E-state index in [-0.39, 0.29) is 18.2 Å². The van der Waals surface area contributed by atoms with Crippen LogP contribution in [0, 0.1) is 6.92 Å². The van der Waals surface area contributed by atoms with Crippen LogP contribution in [0.3, 0.4) is 0 Å². The van der Waals surface area contributed by atoms with Crippen molar-refractivity contribution in [1.82, 2.24) is 10.6 Å². The highest BCUT2D eigenvalue weighted by Gasteiger charge is 2.26. The summed E-state index contributed by atoms with van der Waals surface area (Å²) in [4.78, 5) is 13.1. The molecule has 0 bridgehead atoms. The summed E-state index contributed by atoms with van der Waals surface area (Å²) >= 11 is 1.68. The predicted octanol–water partition coefficient (Wildman–Crippen LogP) is 2.81. The summed E-state index contributed by atoms with van der Waals surface area (Å²) in [5.41, 5.74) is 1.23. The molecule has 2 N–H and O–H groups in total. The van der Waals surface area contributed by atoms with Crippen LogP contribution in [0.5, 0.6) is 0 Å². The number of thiophene rings is 1. The molecule has 4 nitrogen and oxygen atoms in total. The topological polar surface area (TPSA) is 50.4 Å². The van der Waals surface area contributed by atoms with Gasteiger partial charge in [0.1, 0.15) is 0 Å². The van der Waals surface area contributed by atoms with E-state index in [0.29, 0.717) is 6.54 Å². The van der Waals surface area contributed by atoms with Crippen molar-refractivity contribution >= 4 is 17.4 Å². The van der Waals surface area contributed by atoms with E-state index in [9.17, 15) is 4.79 Å². The summed E-state index contributed by atoms with van der Waals surface area (Å²) in [7, 11) is 1.72. The number of ether oxygens (including phenoxy) is 1. The molecule has 5 heteroatoms. The normalized spacial score (nSPS) is 23.1. The first kappa shape index (κ1) is 14.3. The Morgan fingerprint density at radius 2 is 2.26 bits per heavy atom. The average molecular weight is 282 g/mol. The van der Waals surface area contributed by atoms with Gasteiger partial charge < -0.3 is 15.4 Å². The van der Waals surface area contributed by atoms with E-state index in [4.69, 9.17) is 4.74 Å². The molecule has 2 atom stereocenters. The molecule has 1 aliphatic carbocycles. The van der Waals surface area contributed by atoms with E-state index in [1.165, 1.54) is 16.9 Å². The first-order chi connectivity index (χ1) is 9.20. The third-order valence-corrected chi connectivity index (χ3v) is 4.72. The lowest BCUT2D eigenvalue weighted by Crippen LogP contribution is -2.49. The summed E-state index contributed by atoms with van der Waals surface area (Å²) in [6.45, 7) is 2.66. The first-order valence-corrected chi connectivity index (χ1v) is 7.69. The lowest BCUT2D eigenvalue weighted by atomic mass is 9.92. The Balaban J connectivity index is 1.79. The largest absolute Gasteiger partial charge is 0.379 e. The molecular formula is C14H22N2O2S. The van der Waals surface area contributed by atoms with Crippen molar-refractivity contribution in [2.24, 2.45) is 0 Å². The Bertz CT molecular complexity index is 419. The quantitative estimate of drug-likeness (QED) is 0.892.